The maximum atomic E-state index is 14.8. The summed E-state index contributed by atoms with van der Waals surface area (Å²) in [5.74, 6) is -0.113. The number of halogens is 2. The lowest BCUT2D eigenvalue weighted by molar-refractivity contribution is 0.575. The largest absolute Gasteiger partial charge is 0.304 e. The van der Waals surface area contributed by atoms with Gasteiger partial charge >= 0.3 is 0 Å². The summed E-state index contributed by atoms with van der Waals surface area (Å²) in [6, 6.07) is 7.83. The SMILES string of the molecule is Cc1cnc2ccn([C@@H](C)c3nnc4c(F)cc(-c5ccc(Cl)cn5)cn34)c(=O)c2c1. The molecule has 7 nitrogen and oxygen atoms in total. The molecular weight excluding hydrogens is 419 g/mol. The fourth-order valence-electron chi connectivity index (χ4n) is 3.61. The molecule has 0 amide bonds. The number of hydrogen-bond donors (Lipinski definition) is 0. The molecule has 0 aliphatic heterocycles. The van der Waals surface area contributed by atoms with Crippen molar-refractivity contribution in [3.63, 3.8) is 0 Å². The van der Waals surface area contributed by atoms with Gasteiger partial charge in [-0.15, -0.1) is 10.2 Å². The van der Waals surface area contributed by atoms with Crippen molar-refractivity contribution >= 4 is 28.2 Å². The van der Waals surface area contributed by atoms with Crippen LogP contribution in [-0.2, 0) is 0 Å². The molecule has 5 aromatic rings. The van der Waals surface area contributed by atoms with Crippen LogP contribution in [0.5, 0.6) is 0 Å². The lowest BCUT2D eigenvalue weighted by atomic mass is 10.2. The van der Waals surface area contributed by atoms with Crippen LogP contribution in [0, 0.1) is 12.7 Å². The van der Waals surface area contributed by atoms with Gasteiger partial charge in [0.25, 0.3) is 5.56 Å². The van der Waals surface area contributed by atoms with E-state index in [0.717, 1.165) is 5.56 Å². The molecule has 154 valence electrons. The minimum absolute atomic E-state index is 0.0749. The van der Waals surface area contributed by atoms with Crippen LogP contribution in [0.3, 0.4) is 0 Å². The van der Waals surface area contributed by atoms with Crippen molar-refractivity contribution in [2.75, 3.05) is 0 Å². The second kappa shape index (κ2) is 7.24. The van der Waals surface area contributed by atoms with Crippen molar-refractivity contribution in [3.8, 4) is 11.3 Å². The topological polar surface area (TPSA) is 78.0 Å². The van der Waals surface area contributed by atoms with Crippen molar-refractivity contribution < 1.29 is 4.39 Å². The number of fused-ring (bicyclic) bond motifs is 2. The molecule has 0 spiro atoms. The first-order chi connectivity index (χ1) is 14.9. The Labute approximate surface area is 180 Å². The summed E-state index contributed by atoms with van der Waals surface area (Å²) in [4.78, 5) is 21.7. The molecule has 0 aliphatic rings. The molecule has 9 heteroatoms. The average Bonchev–Trinajstić information content (AvgIpc) is 3.19. The second-order valence-electron chi connectivity index (χ2n) is 7.34. The highest BCUT2D eigenvalue weighted by atomic mass is 35.5. The summed E-state index contributed by atoms with van der Waals surface area (Å²) in [7, 11) is 0. The zero-order chi connectivity index (χ0) is 21.7. The smallest absolute Gasteiger partial charge is 0.260 e. The maximum Gasteiger partial charge on any atom is 0.260 e. The van der Waals surface area contributed by atoms with E-state index in [2.05, 4.69) is 20.2 Å². The van der Waals surface area contributed by atoms with Gasteiger partial charge in [-0.2, -0.15) is 0 Å². The molecule has 1 atom stereocenters. The zero-order valence-electron chi connectivity index (χ0n) is 16.6. The van der Waals surface area contributed by atoms with Crippen LogP contribution >= 0.6 is 11.6 Å². The average molecular weight is 435 g/mol. The van der Waals surface area contributed by atoms with E-state index in [0.29, 0.717) is 33.0 Å². The Balaban J connectivity index is 1.66. The molecule has 0 saturated heterocycles. The van der Waals surface area contributed by atoms with Gasteiger partial charge in [0.1, 0.15) is 0 Å². The lowest BCUT2D eigenvalue weighted by Gasteiger charge is -2.15. The van der Waals surface area contributed by atoms with Crippen LogP contribution in [0.1, 0.15) is 24.4 Å². The first kappa shape index (κ1) is 19.3. The van der Waals surface area contributed by atoms with Crippen molar-refractivity contribution in [3.05, 3.63) is 87.7 Å². The van der Waals surface area contributed by atoms with Crippen LogP contribution in [-0.4, -0.2) is 29.1 Å². The van der Waals surface area contributed by atoms with Crippen LogP contribution in [0.4, 0.5) is 4.39 Å². The predicted octanol–water partition coefficient (Wildman–Crippen LogP) is 4.21. The monoisotopic (exact) mass is 434 g/mol. The fourth-order valence-corrected chi connectivity index (χ4v) is 3.73. The van der Waals surface area contributed by atoms with Gasteiger partial charge in [0.05, 0.1) is 27.7 Å². The van der Waals surface area contributed by atoms with Crippen molar-refractivity contribution in [2.24, 2.45) is 0 Å². The highest BCUT2D eigenvalue weighted by molar-refractivity contribution is 6.30. The Morgan fingerprint density at radius 3 is 2.71 bits per heavy atom. The second-order valence-corrected chi connectivity index (χ2v) is 7.78. The number of aromatic nitrogens is 6. The molecular formula is C22H16ClFN6O. The van der Waals surface area contributed by atoms with E-state index in [1.807, 2.05) is 13.8 Å². The molecule has 31 heavy (non-hydrogen) atoms. The zero-order valence-corrected chi connectivity index (χ0v) is 17.4. The Morgan fingerprint density at radius 2 is 1.94 bits per heavy atom. The van der Waals surface area contributed by atoms with Crippen LogP contribution in [0.25, 0.3) is 27.8 Å². The van der Waals surface area contributed by atoms with Gasteiger partial charge in [-0.3, -0.25) is 19.2 Å². The molecule has 0 radical (unpaired) electrons. The van der Waals surface area contributed by atoms with Crippen molar-refractivity contribution in [1.82, 2.24) is 29.1 Å². The highest BCUT2D eigenvalue weighted by Gasteiger charge is 2.20. The summed E-state index contributed by atoms with van der Waals surface area (Å²) < 4.78 is 17.9. The molecule has 0 fully saturated rings. The minimum Gasteiger partial charge on any atom is -0.304 e. The van der Waals surface area contributed by atoms with Crippen molar-refractivity contribution in [2.45, 2.75) is 19.9 Å². The van der Waals surface area contributed by atoms with Gasteiger partial charge in [-0.1, -0.05) is 11.6 Å². The predicted molar refractivity (Wildman–Crippen MR) is 116 cm³/mol. The normalized spacial score (nSPS) is 12.5. The standard InChI is InChI=1S/C22H16ClFN6O/c1-12-7-16-19(25-9-12)5-6-29(22(16)31)13(2)20-27-28-21-17(24)8-14(11-30(20)21)18-4-3-15(23)10-26-18/h3-11,13H,1-2H3/t13-/m0/s1. The number of pyridine rings is 4. The minimum atomic E-state index is -0.536. The van der Waals surface area contributed by atoms with Crippen molar-refractivity contribution in [1.29, 1.82) is 0 Å². The highest BCUT2D eigenvalue weighted by Crippen LogP contribution is 2.24. The van der Waals surface area contributed by atoms with Gasteiger partial charge in [0.15, 0.2) is 17.3 Å². The molecule has 0 unspecified atom stereocenters. The first-order valence-corrected chi connectivity index (χ1v) is 9.94. The summed E-state index contributed by atoms with van der Waals surface area (Å²) in [5, 5.41) is 9.17. The molecule has 0 saturated carbocycles. The quantitative estimate of drug-likeness (QED) is 0.425. The number of hydrogen-bond acceptors (Lipinski definition) is 5. The van der Waals surface area contributed by atoms with Gasteiger partial charge in [-0.05, 0) is 49.7 Å². The Hall–Kier alpha value is -3.65. The third-order valence-electron chi connectivity index (χ3n) is 5.21. The van der Waals surface area contributed by atoms with Gasteiger partial charge in [0.2, 0.25) is 0 Å². The summed E-state index contributed by atoms with van der Waals surface area (Å²) in [6.07, 6.45) is 6.59. The van der Waals surface area contributed by atoms with E-state index in [1.165, 1.54) is 12.3 Å². The van der Waals surface area contributed by atoms with Gasteiger partial charge in [-0.25, -0.2) is 4.39 Å². The summed E-state index contributed by atoms with van der Waals surface area (Å²) >= 11 is 5.91. The van der Waals surface area contributed by atoms with E-state index in [9.17, 15) is 9.18 Å². The van der Waals surface area contributed by atoms with Crippen LogP contribution in [0.2, 0.25) is 5.02 Å². The summed E-state index contributed by atoms with van der Waals surface area (Å²) in [5.41, 5.74) is 2.49. The Bertz CT molecular complexity index is 1510. The molecule has 0 aromatic carbocycles. The van der Waals surface area contributed by atoms with E-state index < -0.39 is 11.9 Å². The maximum absolute atomic E-state index is 14.8. The number of rotatable bonds is 3. The molecule has 0 aliphatic carbocycles. The number of aryl methyl sites for hydroxylation is 1. The molecule has 5 rings (SSSR count). The van der Waals surface area contributed by atoms with E-state index in [1.54, 1.807) is 51.8 Å². The fraction of sp³-hybridized carbons (Fsp3) is 0.136. The number of nitrogens with zero attached hydrogens (tertiary/aromatic N) is 6. The van der Waals surface area contributed by atoms with E-state index >= 15 is 0 Å². The van der Waals surface area contributed by atoms with Crippen LogP contribution in [0.15, 0.2) is 59.9 Å². The third-order valence-corrected chi connectivity index (χ3v) is 5.44. The first-order valence-electron chi connectivity index (χ1n) is 9.56. The van der Waals surface area contributed by atoms with Gasteiger partial charge in [0, 0.05) is 30.4 Å². The molecule has 5 heterocycles. The van der Waals surface area contributed by atoms with E-state index in [4.69, 9.17) is 11.6 Å². The van der Waals surface area contributed by atoms with E-state index in [-0.39, 0.29) is 11.2 Å². The molecule has 5 aromatic heterocycles. The molecule has 0 N–H and O–H groups in total. The lowest BCUT2D eigenvalue weighted by Crippen LogP contribution is -2.25. The Kier molecular flexibility index (Phi) is 4.51. The molecule has 0 bridgehead atoms. The summed E-state index contributed by atoms with van der Waals surface area (Å²) in [6.45, 7) is 3.70. The third kappa shape index (κ3) is 3.25. The van der Waals surface area contributed by atoms with Crippen LogP contribution < -0.4 is 5.56 Å². The van der Waals surface area contributed by atoms with Gasteiger partial charge < -0.3 is 4.57 Å². The Morgan fingerprint density at radius 1 is 1.10 bits per heavy atom.